The van der Waals surface area contributed by atoms with Crippen LogP contribution in [0.5, 0.6) is 11.5 Å². The number of aldehydes is 1. The van der Waals surface area contributed by atoms with Crippen LogP contribution < -0.4 is 20.6 Å². The van der Waals surface area contributed by atoms with Gasteiger partial charge in [-0.05, 0) is 102 Å². The molecule has 0 atom stereocenters. The van der Waals surface area contributed by atoms with Crippen molar-refractivity contribution >= 4 is 6.29 Å². The molecule has 14 heteroatoms. The van der Waals surface area contributed by atoms with Crippen LogP contribution >= 0.6 is 0 Å². The number of rotatable bonds is 14. The fraction of sp³-hybridized carbons (Fsp3) is 0.180. The molecule has 0 spiro atoms. The lowest BCUT2D eigenvalue weighted by Gasteiger charge is -2.13. The number of carbonyl (C=O) groups excluding carboxylic acids is 1. The van der Waals surface area contributed by atoms with Gasteiger partial charge in [-0.1, -0.05) is 36.4 Å². The highest BCUT2D eigenvalue weighted by Crippen LogP contribution is 2.27. The van der Waals surface area contributed by atoms with Gasteiger partial charge in [0, 0.05) is 54.3 Å². The molecule has 326 valence electrons. The van der Waals surface area contributed by atoms with Crippen molar-refractivity contribution in [1.29, 1.82) is 0 Å². The Morgan fingerprint density at radius 3 is 1.42 bits per heavy atom. The van der Waals surface area contributed by atoms with Crippen molar-refractivity contribution in [1.82, 2.24) is 28.2 Å². The molecule has 0 radical (unpaired) electrons. The minimum Gasteiger partial charge on any atom is -0.495 e. The van der Waals surface area contributed by atoms with Gasteiger partial charge in [0.25, 0.3) is 11.1 Å². The number of aliphatic hydroxyl groups excluding tert-OH is 1. The molecule has 0 fully saturated rings. The number of methoxy groups -OCH3 is 2. The first-order valence-electron chi connectivity index (χ1n) is 20.3. The molecule has 0 aliphatic rings. The number of ether oxygens (including phenoxy) is 2. The van der Waals surface area contributed by atoms with E-state index in [0.29, 0.717) is 53.1 Å². The third-order valence-corrected chi connectivity index (χ3v) is 10.5. The van der Waals surface area contributed by atoms with E-state index in [2.05, 4.69) is 9.97 Å². The Bertz CT molecular complexity index is 3030. The van der Waals surface area contributed by atoms with Crippen LogP contribution in [0.3, 0.4) is 0 Å². The molecule has 0 saturated carbocycles. The average Bonchev–Trinajstić information content (AvgIpc) is 3.95. The summed E-state index contributed by atoms with van der Waals surface area (Å²) < 4.78 is 44.3. The predicted octanol–water partition coefficient (Wildman–Crippen LogP) is 7.56. The number of aryl methyl sites for hydroxylation is 2. The van der Waals surface area contributed by atoms with Gasteiger partial charge in [0.2, 0.25) is 0 Å². The van der Waals surface area contributed by atoms with Crippen molar-refractivity contribution in [3.8, 4) is 22.9 Å². The molecule has 4 heterocycles. The quantitative estimate of drug-likeness (QED) is 0.111. The van der Waals surface area contributed by atoms with E-state index in [1.807, 2.05) is 71.8 Å². The summed E-state index contributed by atoms with van der Waals surface area (Å²) in [7, 11) is 3.20. The van der Waals surface area contributed by atoms with Gasteiger partial charge in [-0.25, -0.2) is 18.7 Å². The Hall–Kier alpha value is -7.71. The van der Waals surface area contributed by atoms with Gasteiger partial charge in [-0.3, -0.25) is 14.4 Å². The second-order valence-corrected chi connectivity index (χ2v) is 15.3. The van der Waals surface area contributed by atoms with E-state index >= 15 is 0 Å². The molecule has 4 aromatic carbocycles. The van der Waals surface area contributed by atoms with Crippen LogP contribution in [-0.4, -0.2) is 53.8 Å². The van der Waals surface area contributed by atoms with Crippen molar-refractivity contribution in [2.45, 2.75) is 46.4 Å². The topological polar surface area (TPSA) is 135 Å². The zero-order valence-electron chi connectivity index (χ0n) is 35.7. The van der Waals surface area contributed by atoms with E-state index < -0.39 is 0 Å². The van der Waals surface area contributed by atoms with Gasteiger partial charge >= 0.3 is 0 Å². The molecule has 0 saturated heterocycles. The second kappa shape index (κ2) is 20.0. The monoisotopic (exact) mass is 864 g/mol. The number of aromatic nitrogens is 6. The lowest BCUT2D eigenvalue weighted by molar-refractivity contribution is 0.112. The van der Waals surface area contributed by atoms with Crippen LogP contribution in [0.1, 0.15) is 60.7 Å². The fourth-order valence-electron chi connectivity index (χ4n) is 7.34. The molecule has 0 aliphatic heterocycles. The zero-order chi connectivity index (χ0) is 45.3. The van der Waals surface area contributed by atoms with Crippen molar-refractivity contribution in [3.63, 3.8) is 0 Å². The number of halogens is 2. The van der Waals surface area contributed by atoms with Crippen LogP contribution in [0, 0.1) is 25.5 Å². The highest BCUT2D eigenvalue weighted by molar-refractivity contribution is 5.74. The van der Waals surface area contributed by atoms with E-state index in [1.165, 1.54) is 35.0 Å². The lowest BCUT2D eigenvalue weighted by Crippen LogP contribution is -2.25. The third-order valence-electron chi connectivity index (χ3n) is 10.5. The Morgan fingerprint density at radius 2 is 1.02 bits per heavy atom. The maximum atomic E-state index is 13.2. The summed E-state index contributed by atoms with van der Waals surface area (Å²) in [5, 5.41) is 9.70. The number of hydrogen-bond donors (Lipinski definition) is 1. The van der Waals surface area contributed by atoms with Crippen LogP contribution in [0.15, 0.2) is 144 Å². The van der Waals surface area contributed by atoms with Crippen LogP contribution in [0.2, 0.25) is 0 Å². The molecular formula is C50H46F2N6O6. The molecule has 8 aromatic rings. The summed E-state index contributed by atoms with van der Waals surface area (Å²) >= 11 is 0. The van der Waals surface area contributed by atoms with E-state index in [-0.39, 0.29) is 35.9 Å². The first-order chi connectivity index (χ1) is 30.9. The SMILES string of the molecule is COc1cc(Cc2cc(C=O)cn(Cc3ccc(F)cc3)c2=O)ccc1-n1cnc(C)c1.COc1cc(Cc2cc(CO)cn(Cc3ccc(F)cc3)c2=O)ccc1-n1cnc(C)c1. The highest BCUT2D eigenvalue weighted by atomic mass is 19.1. The van der Waals surface area contributed by atoms with Crippen molar-refractivity contribution < 1.29 is 28.2 Å². The normalized spacial score (nSPS) is 10.9. The smallest absolute Gasteiger partial charge is 0.254 e. The predicted molar refractivity (Wildman–Crippen MR) is 239 cm³/mol. The van der Waals surface area contributed by atoms with E-state index in [4.69, 9.17) is 9.47 Å². The Labute approximate surface area is 367 Å². The average molecular weight is 865 g/mol. The summed E-state index contributed by atoms with van der Waals surface area (Å²) in [6.07, 6.45) is 11.9. The Morgan fingerprint density at radius 1 is 0.578 bits per heavy atom. The lowest BCUT2D eigenvalue weighted by atomic mass is 10.0. The van der Waals surface area contributed by atoms with Gasteiger partial charge in [0.15, 0.2) is 6.29 Å². The number of nitrogens with zero attached hydrogens (tertiary/aromatic N) is 6. The third kappa shape index (κ3) is 10.7. The van der Waals surface area contributed by atoms with E-state index in [0.717, 1.165) is 51.3 Å². The molecular weight excluding hydrogens is 819 g/mol. The molecule has 8 rings (SSSR count). The van der Waals surface area contributed by atoms with Crippen LogP contribution in [0.25, 0.3) is 11.4 Å². The highest BCUT2D eigenvalue weighted by Gasteiger charge is 2.14. The summed E-state index contributed by atoms with van der Waals surface area (Å²) in [6, 6.07) is 26.8. The largest absolute Gasteiger partial charge is 0.495 e. The van der Waals surface area contributed by atoms with Gasteiger partial charge in [0.05, 0.1) is 69.3 Å². The number of pyridine rings is 2. The van der Waals surface area contributed by atoms with Gasteiger partial charge in [-0.15, -0.1) is 0 Å². The summed E-state index contributed by atoms with van der Waals surface area (Å²) in [5.41, 5.74) is 8.58. The van der Waals surface area contributed by atoms with Crippen LogP contribution in [0.4, 0.5) is 8.78 Å². The standard InChI is InChI=1S/C25H24FN3O3.C25H22FN3O3/c2*1-17-12-29(16-27-17)23-8-5-19(11-24(23)32-2)9-21-10-20(15-30)14-28(25(21)31)13-18-3-6-22(26)7-4-18/h3-8,10-12,14,16,30H,9,13,15H2,1-2H3;3-8,10-12,14-16H,9,13H2,1-2H3. The fourth-order valence-corrected chi connectivity index (χ4v) is 7.34. The molecule has 12 nitrogen and oxygen atoms in total. The number of aliphatic hydroxyl groups is 1. The van der Waals surface area contributed by atoms with Crippen molar-refractivity contribution in [2.24, 2.45) is 0 Å². The van der Waals surface area contributed by atoms with E-state index in [9.17, 15) is 28.3 Å². The molecule has 64 heavy (non-hydrogen) atoms. The molecule has 4 aromatic heterocycles. The molecule has 0 amide bonds. The molecule has 0 unspecified atom stereocenters. The van der Waals surface area contributed by atoms with Gasteiger partial charge in [0.1, 0.15) is 23.1 Å². The van der Waals surface area contributed by atoms with Crippen LogP contribution in [-0.2, 0) is 32.5 Å². The Balaban J connectivity index is 0.000000191. The number of hydrogen-bond acceptors (Lipinski definition) is 8. The van der Waals surface area contributed by atoms with Crippen molar-refractivity contribution in [3.05, 3.63) is 223 Å². The summed E-state index contributed by atoms with van der Waals surface area (Å²) in [6.45, 7) is 4.19. The van der Waals surface area contributed by atoms with E-state index in [1.54, 1.807) is 74.0 Å². The Kier molecular flexibility index (Phi) is 13.9. The number of imidazole rings is 2. The maximum absolute atomic E-state index is 13.2. The number of benzene rings is 4. The molecule has 0 aliphatic carbocycles. The second-order valence-electron chi connectivity index (χ2n) is 15.3. The first kappa shape index (κ1) is 44.3. The van der Waals surface area contributed by atoms with Crippen molar-refractivity contribution in [2.75, 3.05) is 14.2 Å². The molecule has 0 bridgehead atoms. The summed E-state index contributed by atoms with van der Waals surface area (Å²) in [4.78, 5) is 46.2. The first-order valence-corrected chi connectivity index (χ1v) is 20.3. The minimum atomic E-state index is -0.341. The van der Waals surface area contributed by atoms with Gasteiger partial charge < -0.3 is 32.8 Å². The maximum Gasteiger partial charge on any atom is 0.254 e. The van der Waals surface area contributed by atoms with Gasteiger partial charge in [-0.2, -0.15) is 0 Å². The minimum absolute atomic E-state index is 0.153. The zero-order valence-corrected chi connectivity index (χ0v) is 35.7. The number of carbonyl (C=O) groups is 1. The summed E-state index contributed by atoms with van der Waals surface area (Å²) in [5.74, 6) is 0.656. The molecule has 1 N–H and O–H groups in total.